The van der Waals surface area contributed by atoms with Gasteiger partial charge in [0.05, 0.1) is 18.5 Å². The maximum Gasteiger partial charge on any atom is 0.216 e. The molecule has 0 radical (unpaired) electrons. The summed E-state index contributed by atoms with van der Waals surface area (Å²) >= 11 is 0. The Balaban J connectivity index is 1.83. The van der Waals surface area contributed by atoms with Gasteiger partial charge in [0.25, 0.3) is 0 Å². The van der Waals surface area contributed by atoms with Crippen LogP contribution in [0.1, 0.15) is 25.0 Å². The highest BCUT2D eigenvalue weighted by molar-refractivity contribution is 7.89. The van der Waals surface area contributed by atoms with Gasteiger partial charge >= 0.3 is 0 Å². The second-order valence-corrected chi connectivity index (χ2v) is 9.10. The molecule has 1 aromatic rings. The molecule has 0 aromatic heterocycles. The lowest BCUT2D eigenvalue weighted by atomic mass is 10.1. The largest absolute Gasteiger partial charge is 0.378 e. The van der Waals surface area contributed by atoms with Crippen molar-refractivity contribution in [1.82, 2.24) is 14.5 Å². The smallest absolute Gasteiger partial charge is 0.216 e. The van der Waals surface area contributed by atoms with Gasteiger partial charge < -0.3 is 15.0 Å². The fraction of sp³-hybridized carbons (Fsp3) is 0.632. The van der Waals surface area contributed by atoms with E-state index in [0.717, 1.165) is 5.96 Å². The second kappa shape index (κ2) is 10.1. The zero-order chi connectivity index (χ0) is 19.9. The number of hydrogen-bond donors (Lipinski definition) is 1. The van der Waals surface area contributed by atoms with Gasteiger partial charge in [-0.1, -0.05) is 29.8 Å². The summed E-state index contributed by atoms with van der Waals surface area (Å²) in [6, 6.07) is 8.37. The number of aliphatic imine (C=N–C) groups is 1. The van der Waals surface area contributed by atoms with Crippen molar-refractivity contribution in [3.05, 3.63) is 35.4 Å². The van der Waals surface area contributed by atoms with E-state index in [0.29, 0.717) is 32.7 Å². The van der Waals surface area contributed by atoms with E-state index in [4.69, 9.17) is 4.74 Å². The minimum absolute atomic E-state index is 0.0333. The first-order chi connectivity index (χ1) is 12.8. The van der Waals surface area contributed by atoms with Crippen molar-refractivity contribution in [2.24, 2.45) is 4.99 Å². The van der Waals surface area contributed by atoms with E-state index in [1.807, 2.05) is 13.8 Å². The van der Waals surface area contributed by atoms with Gasteiger partial charge in [-0.2, -0.15) is 4.31 Å². The summed E-state index contributed by atoms with van der Waals surface area (Å²) in [6.45, 7) is 8.98. The second-order valence-electron chi connectivity index (χ2n) is 7.01. The minimum atomic E-state index is -3.27. The summed E-state index contributed by atoms with van der Waals surface area (Å²) in [5.74, 6) is 0.835. The average molecular weight is 397 g/mol. The van der Waals surface area contributed by atoms with Crippen LogP contribution in [0.15, 0.2) is 29.3 Å². The fourth-order valence-electron chi connectivity index (χ4n) is 2.92. The number of nitrogens with zero attached hydrogens (tertiary/aromatic N) is 3. The Morgan fingerprint density at radius 3 is 2.37 bits per heavy atom. The van der Waals surface area contributed by atoms with Crippen molar-refractivity contribution in [3.8, 4) is 0 Å². The monoisotopic (exact) mass is 396 g/mol. The molecule has 2 rings (SSSR count). The van der Waals surface area contributed by atoms with Gasteiger partial charge in [-0.3, -0.25) is 4.99 Å². The third-order valence-corrected chi connectivity index (χ3v) is 6.34. The predicted molar refractivity (Wildman–Crippen MR) is 109 cm³/mol. The maximum absolute atomic E-state index is 12.4. The third-order valence-electron chi connectivity index (χ3n) is 4.51. The van der Waals surface area contributed by atoms with Gasteiger partial charge in [0.15, 0.2) is 5.96 Å². The normalized spacial score (nSPS) is 16.8. The van der Waals surface area contributed by atoms with Crippen LogP contribution in [0.25, 0.3) is 0 Å². The lowest BCUT2D eigenvalue weighted by Crippen LogP contribution is -2.54. The highest BCUT2D eigenvalue weighted by atomic mass is 32.2. The van der Waals surface area contributed by atoms with Gasteiger partial charge in [0.2, 0.25) is 10.0 Å². The van der Waals surface area contributed by atoms with Crippen molar-refractivity contribution in [1.29, 1.82) is 0 Å². The molecule has 1 aromatic carbocycles. The quantitative estimate of drug-likeness (QED) is 0.558. The molecule has 1 fully saturated rings. The Kier molecular flexibility index (Phi) is 8.07. The summed E-state index contributed by atoms with van der Waals surface area (Å²) in [5, 5.41) is 3.36. The number of benzene rings is 1. The lowest BCUT2D eigenvalue weighted by Gasteiger charge is -2.35. The Labute approximate surface area is 163 Å². The molecule has 27 heavy (non-hydrogen) atoms. The van der Waals surface area contributed by atoms with Crippen molar-refractivity contribution in [2.75, 3.05) is 45.6 Å². The molecular formula is C19H32N4O3S. The molecule has 0 saturated carbocycles. The van der Waals surface area contributed by atoms with Gasteiger partial charge in [-0.15, -0.1) is 0 Å². The topological polar surface area (TPSA) is 74.2 Å². The van der Waals surface area contributed by atoms with Crippen LogP contribution in [0.4, 0.5) is 0 Å². The van der Waals surface area contributed by atoms with Crippen LogP contribution in [0.2, 0.25) is 0 Å². The van der Waals surface area contributed by atoms with Crippen LogP contribution < -0.4 is 5.32 Å². The molecule has 1 heterocycles. The summed E-state index contributed by atoms with van der Waals surface area (Å²) in [4.78, 5) is 6.45. The molecule has 1 aliphatic rings. The van der Waals surface area contributed by atoms with Crippen LogP contribution in [0, 0.1) is 6.92 Å². The van der Waals surface area contributed by atoms with Crippen LogP contribution in [0.5, 0.6) is 0 Å². The van der Waals surface area contributed by atoms with E-state index in [-0.39, 0.29) is 18.5 Å². The molecule has 0 aliphatic carbocycles. The van der Waals surface area contributed by atoms with Crippen LogP contribution in [-0.2, 0) is 21.3 Å². The number of piperazine rings is 1. The third kappa shape index (κ3) is 6.79. The number of guanidine groups is 1. The molecule has 0 unspecified atom stereocenters. The van der Waals surface area contributed by atoms with Crippen molar-refractivity contribution >= 4 is 16.0 Å². The molecule has 7 nitrogen and oxygen atoms in total. The molecule has 1 N–H and O–H groups in total. The highest BCUT2D eigenvalue weighted by Gasteiger charge is 2.27. The Bertz CT molecular complexity index is 709. The van der Waals surface area contributed by atoms with Gasteiger partial charge in [-0.25, -0.2) is 8.42 Å². The number of nitrogens with one attached hydrogen (secondary N) is 1. The first-order valence-corrected chi connectivity index (χ1v) is 11.0. The molecular weight excluding hydrogens is 364 g/mol. The number of aryl methyl sites for hydroxylation is 1. The van der Waals surface area contributed by atoms with Crippen molar-refractivity contribution in [2.45, 2.75) is 33.4 Å². The Morgan fingerprint density at radius 1 is 1.19 bits per heavy atom. The molecule has 0 atom stereocenters. The molecule has 8 heteroatoms. The molecule has 0 bridgehead atoms. The zero-order valence-electron chi connectivity index (χ0n) is 16.8. The number of rotatable bonds is 7. The van der Waals surface area contributed by atoms with E-state index >= 15 is 0 Å². The molecule has 1 saturated heterocycles. The number of sulfonamides is 1. The molecule has 0 spiro atoms. The summed E-state index contributed by atoms with van der Waals surface area (Å²) in [5.41, 5.74) is 2.42. The first kappa shape index (κ1) is 21.7. The van der Waals surface area contributed by atoms with Crippen LogP contribution in [0.3, 0.4) is 0 Å². The van der Waals surface area contributed by atoms with E-state index in [9.17, 15) is 8.42 Å². The lowest BCUT2D eigenvalue weighted by molar-refractivity contribution is 0.0904. The van der Waals surface area contributed by atoms with E-state index in [1.54, 1.807) is 11.4 Å². The first-order valence-electron chi connectivity index (χ1n) is 9.42. The highest BCUT2D eigenvalue weighted by Crippen LogP contribution is 2.09. The molecule has 1 aliphatic heterocycles. The van der Waals surface area contributed by atoms with Gasteiger partial charge in [-0.05, 0) is 26.3 Å². The van der Waals surface area contributed by atoms with E-state index < -0.39 is 10.0 Å². The van der Waals surface area contributed by atoms with Crippen LogP contribution in [-0.4, -0.2) is 75.3 Å². The summed E-state index contributed by atoms with van der Waals surface area (Å²) in [6.07, 6.45) is 0.0416. The SMILES string of the molecule is CN=C(NCc1ccc(C)cc1)N1CCN(S(=O)(=O)CCOC(C)C)CC1. The molecule has 152 valence electrons. The number of ether oxygens (including phenoxy) is 1. The fourth-order valence-corrected chi connectivity index (χ4v) is 4.20. The Morgan fingerprint density at radius 2 is 1.81 bits per heavy atom. The average Bonchev–Trinajstić information content (AvgIpc) is 2.63. The van der Waals surface area contributed by atoms with Crippen LogP contribution >= 0.6 is 0 Å². The zero-order valence-corrected chi connectivity index (χ0v) is 17.6. The minimum Gasteiger partial charge on any atom is -0.378 e. The van der Waals surface area contributed by atoms with Gasteiger partial charge in [0.1, 0.15) is 0 Å². The van der Waals surface area contributed by atoms with Gasteiger partial charge in [0, 0.05) is 39.8 Å². The Hall–Kier alpha value is -1.64. The van der Waals surface area contributed by atoms with Crippen molar-refractivity contribution in [3.63, 3.8) is 0 Å². The van der Waals surface area contributed by atoms with E-state index in [2.05, 4.69) is 46.4 Å². The summed E-state index contributed by atoms with van der Waals surface area (Å²) in [7, 11) is -1.52. The van der Waals surface area contributed by atoms with Crippen molar-refractivity contribution < 1.29 is 13.2 Å². The van der Waals surface area contributed by atoms with E-state index in [1.165, 1.54) is 11.1 Å². The summed E-state index contributed by atoms with van der Waals surface area (Å²) < 4.78 is 31.8. The predicted octanol–water partition coefficient (Wildman–Crippen LogP) is 1.44. The number of hydrogen-bond acceptors (Lipinski definition) is 4. The maximum atomic E-state index is 12.4. The standard InChI is InChI=1S/C19H32N4O3S/c1-16(2)26-13-14-27(24,25)23-11-9-22(10-12-23)19(20-4)21-15-18-7-5-17(3)6-8-18/h5-8,16H,9-15H2,1-4H3,(H,20,21). The molecule has 0 amide bonds.